The first kappa shape index (κ1) is 15.5. The highest BCUT2D eigenvalue weighted by Gasteiger charge is 2.24. The van der Waals surface area contributed by atoms with Crippen molar-refractivity contribution < 1.29 is 12.8 Å². The van der Waals surface area contributed by atoms with Crippen LogP contribution in [-0.4, -0.2) is 19.8 Å². The van der Waals surface area contributed by atoms with Gasteiger partial charge in [-0.3, -0.25) is 0 Å². The van der Waals surface area contributed by atoms with Crippen molar-refractivity contribution in [3.63, 3.8) is 0 Å². The molecule has 0 bridgehead atoms. The Labute approximate surface area is 124 Å². The molecule has 2 aromatic carbocycles. The van der Waals surface area contributed by atoms with Crippen LogP contribution in [0.25, 0.3) is 0 Å². The number of nitrogen functional groups attached to an aromatic ring is 1. The summed E-state index contributed by atoms with van der Waals surface area (Å²) in [7, 11) is -2.39. The Morgan fingerprint density at radius 3 is 2.52 bits per heavy atom. The lowest BCUT2D eigenvalue weighted by Gasteiger charge is -2.18. The van der Waals surface area contributed by atoms with E-state index in [0.29, 0.717) is 0 Å². The van der Waals surface area contributed by atoms with Gasteiger partial charge in [-0.1, -0.05) is 35.9 Å². The van der Waals surface area contributed by atoms with Gasteiger partial charge in [0.25, 0.3) is 0 Å². The molecule has 0 radical (unpaired) electrons. The number of para-hydroxylation sites is 1. The van der Waals surface area contributed by atoms with Gasteiger partial charge in [-0.05, 0) is 24.6 Å². The van der Waals surface area contributed by atoms with E-state index in [1.54, 1.807) is 0 Å². The molecule has 0 aliphatic rings. The van der Waals surface area contributed by atoms with Gasteiger partial charge in [0.05, 0.1) is 5.69 Å². The molecule has 6 heteroatoms. The van der Waals surface area contributed by atoms with Gasteiger partial charge in [0.2, 0.25) is 10.0 Å². The number of hydrogen-bond acceptors (Lipinski definition) is 3. The second-order valence-electron chi connectivity index (χ2n) is 4.90. The Morgan fingerprint density at radius 1 is 1.19 bits per heavy atom. The average Bonchev–Trinajstić information content (AvgIpc) is 2.41. The number of halogens is 1. The predicted octanol–water partition coefficient (Wildman–Crippen LogP) is 2.54. The molecule has 0 saturated carbocycles. The van der Waals surface area contributed by atoms with E-state index in [0.717, 1.165) is 21.5 Å². The molecule has 2 aromatic rings. The topological polar surface area (TPSA) is 63.4 Å². The fourth-order valence-corrected chi connectivity index (χ4v) is 3.34. The SMILES string of the molecule is Cc1cccc(CN(C)S(=O)(=O)c2cccc(F)c2N)c1. The maximum Gasteiger partial charge on any atom is 0.245 e. The quantitative estimate of drug-likeness (QED) is 0.883. The van der Waals surface area contributed by atoms with Crippen LogP contribution in [0.3, 0.4) is 0 Å². The van der Waals surface area contributed by atoms with Crippen molar-refractivity contribution in [3.05, 3.63) is 59.4 Å². The first-order valence-corrected chi connectivity index (χ1v) is 7.82. The molecular formula is C15H17FN2O2S. The van der Waals surface area contributed by atoms with Crippen LogP contribution in [0.15, 0.2) is 47.4 Å². The molecule has 0 spiro atoms. The van der Waals surface area contributed by atoms with Gasteiger partial charge in [-0.2, -0.15) is 4.31 Å². The van der Waals surface area contributed by atoms with Gasteiger partial charge in [0.15, 0.2) is 0 Å². The Hall–Kier alpha value is -1.92. The number of benzene rings is 2. The van der Waals surface area contributed by atoms with E-state index in [4.69, 9.17) is 5.73 Å². The first-order valence-electron chi connectivity index (χ1n) is 6.38. The van der Waals surface area contributed by atoms with Crippen molar-refractivity contribution >= 4 is 15.7 Å². The minimum Gasteiger partial charge on any atom is -0.395 e. The second-order valence-corrected chi connectivity index (χ2v) is 6.92. The standard InChI is InChI=1S/C15H17FN2O2S/c1-11-5-3-6-12(9-11)10-18(2)21(19,20)14-8-4-7-13(16)15(14)17/h3-9H,10,17H2,1-2H3. The number of sulfonamides is 1. The van der Waals surface area contributed by atoms with Gasteiger partial charge < -0.3 is 5.73 Å². The highest BCUT2D eigenvalue weighted by atomic mass is 32.2. The normalized spacial score (nSPS) is 11.8. The van der Waals surface area contributed by atoms with Gasteiger partial charge in [-0.25, -0.2) is 12.8 Å². The van der Waals surface area contributed by atoms with Crippen molar-refractivity contribution in [1.29, 1.82) is 0 Å². The van der Waals surface area contributed by atoms with Crippen molar-refractivity contribution in [2.75, 3.05) is 12.8 Å². The van der Waals surface area contributed by atoms with Gasteiger partial charge in [0, 0.05) is 13.6 Å². The molecule has 0 amide bonds. The summed E-state index contributed by atoms with van der Waals surface area (Å²) in [4.78, 5) is -0.211. The van der Waals surface area contributed by atoms with Gasteiger partial charge >= 0.3 is 0 Å². The monoisotopic (exact) mass is 308 g/mol. The van der Waals surface area contributed by atoms with Crippen LogP contribution in [0.2, 0.25) is 0 Å². The van der Waals surface area contributed by atoms with Crippen LogP contribution in [0.5, 0.6) is 0 Å². The molecule has 0 fully saturated rings. The number of aryl methyl sites for hydroxylation is 1. The van der Waals surface area contributed by atoms with E-state index in [2.05, 4.69) is 0 Å². The van der Waals surface area contributed by atoms with Crippen LogP contribution in [0.4, 0.5) is 10.1 Å². The molecule has 112 valence electrons. The van der Waals surface area contributed by atoms with E-state index in [1.807, 2.05) is 31.2 Å². The van der Waals surface area contributed by atoms with Crippen LogP contribution in [0.1, 0.15) is 11.1 Å². The van der Waals surface area contributed by atoms with E-state index in [1.165, 1.54) is 19.2 Å². The van der Waals surface area contributed by atoms with E-state index in [-0.39, 0.29) is 17.1 Å². The zero-order chi connectivity index (χ0) is 15.6. The molecule has 0 unspecified atom stereocenters. The fourth-order valence-electron chi connectivity index (χ4n) is 2.06. The number of nitrogens with two attached hydrogens (primary N) is 1. The molecule has 4 nitrogen and oxygen atoms in total. The molecule has 0 atom stereocenters. The lowest BCUT2D eigenvalue weighted by atomic mass is 10.1. The van der Waals surface area contributed by atoms with Crippen molar-refractivity contribution in [3.8, 4) is 0 Å². The Kier molecular flexibility index (Phi) is 4.29. The van der Waals surface area contributed by atoms with E-state index >= 15 is 0 Å². The fraction of sp³-hybridized carbons (Fsp3) is 0.200. The minimum absolute atomic E-state index is 0.194. The molecule has 0 aliphatic carbocycles. The Balaban J connectivity index is 2.33. The Morgan fingerprint density at radius 2 is 1.86 bits per heavy atom. The summed E-state index contributed by atoms with van der Waals surface area (Å²) in [5.41, 5.74) is 7.09. The predicted molar refractivity (Wildman–Crippen MR) is 80.6 cm³/mol. The highest BCUT2D eigenvalue weighted by Crippen LogP contribution is 2.24. The lowest BCUT2D eigenvalue weighted by Crippen LogP contribution is -2.27. The number of rotatable bonds is 4. The summed E-state index contributed by atoms with van der Waals surface area (Å²) in [5, 5.41) is 0. The summed E-state index contributed by atoms with van der Waals surface area (Å²) in [6, 6.07) is 11.3. The van der Waals surface area contributed by atoms with Crippen molar-refractivity contribution in [2.24, 2.45) is 0 Å². The summed E-state index contributed by atoms with van der Waals surface area (Å²) in [6.45, 7) is 2.13. The molecule has 0 heterocycles. The van der Waals surface area contributed by atoms with E-state index < -0.39 is 15.8 Å². The van der Waals surface area contributed by atoms with Gasteiger partial charge in [0.1, 0.15) is 10.7 Å². The lowest BCUT2D eigenvalue weighted by molar-refractivity contribution is 0.466. The summed E-state index contributed by atoms with van der Waals surface area (Å²) in [5.74, 6) is -0.736. The molecule has 0 aliphatic heterocycles. The molecule has 21 heavy (non-hydrogen) atoms. The molecule has 0 saturated heterocycles. The molecular weight excluding hydrogens is 291 g/mol. The highest BCUT2D eigenvalue weighted by molar-refractivity contribution is 7.89. The summed E-state index contributed by atoms with van der Waals surface area (Å²) in [6.07, 6.45) is 0. The maximum atomic E-state index is 13.4. The van der Waals surface area contributed by atoms with Crippen LogP contribution in [0, 0.1) is 12.7 Å². The van der Waals surface area contributed by atoms with Crippen molar-refractivity contribution in [1.82, 2.24) is 4.31 Å². The zero-order valence-corrected chi connectivity index (χ0v) is 12.7. The van der Waals surface area contributed by atoms with Gasteiger partial charge in [-0.15, -0.1) is 0 Å². The number of nitrogens with zero attached hydrogens (tertiary/aromatic N) is 1. The first-order chi connectivity index (χ1) is 9.82. The molecule has 2 rings (SSSR count). The average molecular weight is 308 g/mol. The van der Waals surface area contributed by atoms with E-state index in [9.17, 15) is 12.8 Å². The zero-order valence-electron chi connectivity index (χ0n) is 11.9. The smallest absolute Gasteiger partial charge is 0.245 e. The summed E-state index contributed by atoms with van der Waals surface area (Å²) < 4.78 is 39.6. The van der Waals surface area contributed by atoms with Crippen LogP contribution < -0.4 is 5.73 Å². The van der Waals surface area contributed by atoms with Crippen LogP contribution in [-0.2, 0) is 16.6 Å². The molecule has 0 aromatic heterocycles. The second kappa shape index (κ2) is 5.83. The van der Waals surface area contributed by atoms with Crippen LogP contribution >= 0.6 is 0 Å². The third-order valence-electron chi connectivity index (χ3n) is 3.19. The minimum atomic E-state index is -3.83. The maximum absolute atomic E-state index is 13.4. The van der Waals surface area contributed by atoms with Crippen molar-refractivity contribution in [2.45, 2.75) is 18.4 Å². The molecule has 2 N–H and O–H groups in total. The number of hydrogen-bond donors (Lipinski definition) is 1. The third kappa shape index (κ3) is 3.22. The Bertz CT molecular complexity index is 760. The number of anilines is 1. The summed E-state index contributed by atoms with van der Waals surface area (Å²) >= 11 is 0. The largest absolute Gasteiger partial charge is 0.395 e. The third-order valence-corrected chi connectivity index (χ3v) is 5.05.